The molecule has 2 rings (SSSR count). The number of H-pyrrole nitrogens is 1. The van der Waals surface area contributed by atoms with Gasteiger partial charge in [-0.05, 0) is 32.0 Å². The molecule has 1 aromatic carbocycles. The van der Waals surface area contributed by atoms with Crippen LogP contribution in [0.3, 0.4) is 0 Å². The maximum atomic E-state index is 12.3. The summed E-state index contributed by atoms with van der Waals surface area (Å²) in [6.45, 7) is 4.75. The highest BCUT2D eigenvalue weighted by Gasteiger charge is 2.23. The standard InChI is InChI=1S/C15H18N2O3/c1-4-17(5-2)15(19)14(18)12-9-16-13-7-6-10(20-3)8-11(12)13/h6-9,16H,4-5H2,1-3H3. The summed E-state index contributed by atoms with van der Waals surface area (Å²) < 4.78 is 5.16. The average Bonchev–Trinajstić information content (AvgIpc) is 2.90. The van der Waals surface area contributed by atoms with Gasteiger partial charge in [-0.25, -0.2) is 0 Å². The largest absolute Gasteiger partial charge is 0.497 e. The van der Waals surface area contributed by atoms with Crippen molar-refractivity contribution in [1.29, 1.82) is 0 Å². The Morgan fingerprint density at radius 2 is 1.95 bits per heavy atom. The molecule has 1 aromatic heterocycles. The van der Waals surface area contributed by atoms with E-state index in [1.54, 1.807) is 25.4 Å². The van der Waals surface area contributed by atoms with Crippen LogP contribution in [0.2, 0.25) is 0 Å². The maximum absolute atomic E-state index is 12.3. The zero-order valence-electron chi connectivity index (χ0n) is 11.9. The molecule has 2 aromatic rings. The van der Waals surface area contributed by atoms with Crippen LogP contribution in [0, 0.1) is 0 Å². The minimum Gasteiger partial charge on any atom is -0.497 e. The second-order valence-electron chi connectivity index (χ2n) is 4.42. The lowest BCUT2D eigenvalue weighted by molar-refractivity contribution is -0.126. The summed E-state index contributed by atoms with van der Waals surface area (Å²) in [5.74, 6) is -0.312. The van der Waals surface area contributed by atoms with Gasteiger partial charge in [0.1, 0.15) is 5.75 Å². The zero-order valence-corrected chi connectivity index (χ0v) is 11.9. The Balaban J connectivity index is 2.42. The van der Waals surface area contributed by atoms with Crippen molar-refractivity contribution in [3.63, 3.8) is 0 Å². The SMILES string of the molecule is CCN(CC)C(=O)C(=O)c1c[nH]c2ccc(OC)cc12. The summed E-state index contributed by atoms with van der Waals surface area (Å²) >= 11 is 0. The van der Waals surface area contributed by atoms with Crippen molar-refractivity contribution < 1.29 is 14.3 Å². The van der Waals surface area contributed by atoms with Crippen LogP contribution >= 0.6 is 0 Å². The predicted octanol–water partition coefficient (Wildman–Crippen LogP) is 2.23. The van der Waals surface area contributed by atoms with E-state index < -0.39 is 11.7 Å². The number of aromatic nitrogens is 1. The zero-order chi connectivity index (χ0) is 14.7. The minimum atomic E-state index is -0.492. The van der Waals surface area contributed by atoms with E-state index in [2.05, 4.69) is 4.98 Å². The van der Waals surface area contributed by atoms with Crippen LogP contribution in [0.4, 0.5) is 0 Å². The Bertz CT molecular complexity index is 642. The van der Waals surface area contributed by atoms with Crippen LogP contribution in [-0.2, 0) is 4.79 Å². The van der Waals surface area contributed by atoms with E-state index in [1.807, 2.05) is 19.9 Å². The first-order chi connectivity index (χ1) is 9.62. The number of ketones is 1. The topological polar surface area (TPSA) is 62.4 Å². The van der Waals surface area contributed by atoms with E-state index in [-0.39, 0.29) is 0 Å². The van der Waals surface area contributed by atoms with Crippen LogP contribution in [0.1, 0.15) is 24.2 Å². The Kier molecular flexibility index (Phi) is 4.08. The molecule has 1 heterocycles. The van der Waals surface area contributed by atoms with Gasteiger partial charge in [-0.2, -0.15) is 0 Å². The number of rotatable bonds is 5. The van der Waals surface area contributed by atoms with E-state index >= 15 is 0 Å². The van der Waals surface area contributed by atoms with E-state index in [1.165, 1.54) is 4.90 Å². The van der Waals surface area contributed by atoms with Crippen LogP contribution in [0.5, 0.6) is 5.75 Å². The smallest absolute Gasteiger partial charge is 0.295 e. The quantitative estimate of drug-likeness (QED) is 0.671. The molecule has 0 saturated carbocycles. The summed E-state index contributed by atoms with van der Waals surface area (Å²) in [6.07, 6.45) is 1.58. The summed E-state index contributed by atoms with van der Waals surface area (Å²) in [5, 5.41) is 0.704. The van der Waals surface area contributed by atoms with Crippen molar-refractivity contribution in [3.05, 3.63) is 30.0 Å². The number of Topliss-reactive ketones (excluding diaryl/α,β-unsaturated/α-hetero) is 1. The summed E-state index contributed by atoms with van der Waals surface area (Å²) in [4.78, 5) is 29.0. The molecular weight excluding hydrogens is 256 g/mol. The molecule has 0 aliphatic rings. The molecule has 0 aliphatic carbocycles. The molecule has 20 heavy (non-hydrogen) atoms. The van der Waals surface area contributed by atoms with Crippen molar-refractivity contribution in [2.75, 3.05) is 20.2 Å². The first-order valence-corrected chi connectivity index (χ1v) is 6.61. The second kappa shape index (κ2) is 5.77. The van der Waals surface area contributed by atoms with E-state index in [9.17, 15) is 9.59 Å². The van der Waals surface area contributed by atoms with Gasteiger partial charge < -0.3 is 14.6 Å². The number of hydrogen-bond donors (Lipinski definition) is 1. The van der Waals surface area contributed by atoms with Gasteiger partial charge in [0.15, 0.2) is 0 Å². The number of ether oxygens (including phenoxy) is 1. The van der Waals surface area contributed by atoms with Gasteiger partial charge in [0.2, 0.25) is 0 Å². The lowest BCUT2D eigenvalue weighted by Crippen LogP contribution is -2.36. The first kappa shape index (κ1) is 14.1. The third-order valence-electron chi connectivity index (χ3n) is 3.38. The molecule has 0 saturated heterocycles. The number of carbonyl (C=O) groups is 2. The number of hydrogen-bond acceptors (Lipinski definition) is 3. The Morgan fingerprint density at radius 1 is 1.25 bits per heavy atom. The number of amides is 1. The van der Waals surface area contributed by atoms with Gasteiger partial charge in [-0.3, -0.25) is 9.59 Å². The number of carbonyl (C=O) groups excluding carboxylic acids is 2. The highest BCUT2D eigenvalue weighted by atomic mass is 16.5. The normalized spacial score (nSPS) is 10.6. The number of aromatic amines is 1. The third kappa shape index (κ3) is 2.39. The molecule has 0 unspecified atom stereocenters. The fraction of sp³-hybridized carbons (Fsp3) is 0.333. The van der Waals surface area contributed by atoms with Gasteiger partial charge in [-0.1, -0.05) is 0 Å². The number of nitrogens with one attached hydrogen (secondary N) is 1. The summed E-state index contributed by atoms with van der Waals surface area (Å²) in [6, 6.07) is 5.39. The number of benzene rings is 1. The molecular formula is C15H18N2O3. The summed E-state index contributed by atoms with van der Waals surface area (Å²) in [7, 11) is 1.57. The molecule has 5 heteroatoms. The third-order valence-corrected chi connectivity index (χ3v) is 3.38. The lowest BCUT2D eigenvalue weighted by atomic mass is 10.1. The van der Waals surface area contributed by atoms with Crippen LogP contribution < -0.4 is 4.74 Å². The Morgan fingerprint density at radius 3 is 2.55 bits per heavy atom. The molecule has 0 atom stereocenters. The predicted molar refractivity (Wildman–Crippen MR) is 77.1 cm³/mol. The van der Waals surface area contributed by atoms with Crippen molar-refractivity contribution >= 4 is 22.6 Å². The molecule has 0 radical (unpaired) electrons. The number of nitrogens with zero attached hydrogens (tertiary/aromatic N) is 1. The first-order valence-electron chi connectivity index (χ1n) is 6.61. The van der Waals surface area contributed by atoms with Gasteiger partial charge in [0.25, 0.3) is 11.7 Å². The molecule has 1 N–H and O–H groups in total. The van der Waals surface area contributed by atoms with Crippen molar-refractivity contribution in [1.82, 2.24) is 9.88 Å². The van der Waals surface area contributed by atoms with Gasteiger partial charge >= 0.3 is 0 Å². The Hall–Kier alpha value is -2.30. The van der Waals surface area contributed by atoms with Gasteiger partial charge in [0.05, 0.1) is 12.7 Å². The number of fused-ring (bicyclic) bond motifs is 1. The van der Waals surface area contributed by atoms with Crippen LogP contribution in [0.25, 0.3) is 10.9 Å². The highest BCUT2D eigenvalue weighted by molar-refractivity contribution is 6.44. The van der Waals surface area contributed by atoms with Crippen molar-refractivity contribution in [2.45, 2.75) is 13.8 Å². The minimum absolute atomic E-state index is 0.385. The van der Waals surface area contributed by atoms with Gasteiger partial charge in [-0.15, -0.1) is 0 Å². The second-order valence-corrected chi connectivity index (χ2v) is 4.42. The molecule has 5 nitrogen and oxygen atoms in total. The van der Waals surface area contributed by atoms with Gasteiger partial charge in [0, 0.05) is 30.2 Å². The van der Waals surface area contributed by atoms with Crippen molar-refractivity contribution in [3.8, 4) is 5.75 Å². The number of likely N-dealkylation sites (N-methyl/N-ethyl adjacent to an activating group) is 1. The molecule has 0 spiro atoms. The van der Waals surface area contributed by atoms with E-state index in [0.29, 0.717) is 29.8 Å². The fourth-order valence-electron chi connectivity index (χ4n) is 2.18. The van der Waals surface area contributed by atoms with Crippen molar-refractivity contribution in [2.24, 2.45) is 0 Å². The summed E-state index contributed by atoms with van der Waals surface area (Å²) in [5.41, 5.74) is 1.19. The molecule has 1 amide bonds. The highest BCUT2D eigenvalue weighted by Crippen LogP contribution is 2.24. The average molecular weight is 274 g/mol. The number of methoxy groups -OCH3 is 1. The monoisotopic (exact) mass is 274 g/mol. The maximum Gasteiger partial charge on any atom is 0.295 e. The lowest BCUT2D eigenvalue weighted by Gasteiger charge is -2.17. The molecule has 0 bridgehead atoms. The Labute approximate surface area is 117 Å². The van der Waals surface area contributed by atoms with Crippen LogP contribution in [-0.4, -0.2) is 41.8 Å². The fourth-order valence-corrected chi connectivity index (χ4v) is 2.18. The van der Waals surface area contributed by atoms with Crippen LogP contribution in [0.15, 0.2) is 24.4 Å². The molecule has 106 valence electrons. The molecule has 0 aliphatic heterocycles. The van der Waals surface area contributed by atoms with E-state index in [4.69, 9.17) is 4.74 Å². The molecule has 0 fully saturated rings. The van der Waals surface area contributed by atoms with E-state index in [0.717, 1.165) is 5.52 Å².